The summed E-state index contributed by atoms with van der Waals surface area (Å²) >= 11 is 0. The molecule has 0 saturated carbocycles. The molecule has 2 aromatic rings. The van der Waals surface area contributed by atoms with E-state index in [1.54, 1.807) is 32.9 Å². The number of β-lactam (4-membered cyclic amide) rings is 1. The molecule has 1 aromatic heterocycles. The third-order valence-corrected chi connectivity index (χ3v) is 8.96. The van der Waals surface area contributed by atoms with E-state index in [0.717, 1.165) is 55.7 Å². The van der Waals surface area contributed by atoms with Crippen LogP contribution in [0.1, 0.15) is 54.1 Å². The fourth-order valence-electron chi connectivity index (χ4n) is 5.46. The number of ether oxygens (including phenoxy) is 1. The molecule has 0 radical (unpaired) electrons. The molecule has 38 heavy (non-hydrogen) atoms. The molecule has 0 aliphatic carbocycles. The third kappa shape index (κ3) is 6.35. The maximum Gasteiger partial charge on any atom is 0.326 e. The molecule has 0 spiro atoms. The van der Waals surface area contributed by atoms with E-state index in [0.29, 0.717) is 17.7 Å². The van der Waals surface area contributed by atoms with Gasteiger partial charge in [0.25, 0.3) is 0 Å². The number of esters is 1. The Morgan fingerprint density at radius 2 is 1.97 bits per heavy atom. The predicted octanol–water partition coefficient (Wildman–Crippen LogP) is 3.06. The first-order valence-corrected chi connectivity index (χ1v) is 14.9. The highest BCUT2D eigenvalue weighted by Crippen LogP contribution is 2.26. The van der Waals surface area contributed by atoms with E-state index >= 15 is 0 Å². The minimum Gasteiger partial charge on any atom is -0.465 e. The lowest BCUT2D eigenvalue weighted by atomic mass is 9.91. The summed E-state index contributed by atoms with van der Waals surface area (Å²) in [6, 6.07) is 6.60. The van der Waals surface area contributed by atoms with Crippen molar-refractivity contribution < 1.29 is 22.7 Å². The highest BCUT2D eigenvalue weighted by molar-refractivity contribution is 7.89. The molecule has 1 fully saturated rings. The molecular weight excluding hydrogens is 504 g/mol. The number of anilines is 1. The highest BCUT2D eigenvalue weighted by Gasteiger charge is 2.40. The molecule has 2 aliphatic rings. The van der Waals surface area contributed by atoms with Crippen LogP contribution in [0.3, 0.4) is 0 Å². The number of pyridine rings is 1. The smallest absolute Gasteiger partial charge is 0.326 e. The molecule has 9 nitrogen and oxygen atoms in total. The van der Waals surface area contributed by atoms with Crippen LogP contribution in [0.2, 0.25) is 0 Å². The first-order chi connectivity index (χ1) is 18.1. The van der Waals surface area contributed by atoms with Crippen molar-refractivity contribution in [1.29, 1.82) is 0 Å². The van der Waals surface area contributed by atoms with E-state index in [4.69, 9.17) is 9.72 Å². The van der Waals surface area contributed by atoms with Crippen molar-refractivity contribution in [2.24, 2.45) is 5.92 Å². The van der Waals surface area contributed by atoms with Crippen LogP contribution in [0.4, 0.5) is 5.82 Å². The number of sulfonamides is 1. The van der Waals surface area contributed by atoms with Gasteiger partial charge in [0, 0.05) is 25.3 Å². The molecule has 3 heterocycles. The van der Waals surface area contributed by atoms with Crippen LogP contribution in [0.25, 0.3) is 0 Å². The van der Waals surface area contributed by atoms with Gasteiger partial charge in [-0.3, -0.25) is 9.59 Å². The number of fused-ring (bicyclic) bond motifs is 1. The average molecular weight is 543 g/mol. The second-order valence-electron chi connectivity index (χ2n) is 10.3. The third-order valence-electron chi connectivity index (χ3n) is 7.18. The van der Waals surface area contributed by atoms with E-state index in [1.807, 2.05) is 6.92 Å². The Balaban J connectivity index is 1.34. The number of aryl methyl sites for hydroxylation is 5. The molecule has 1 saturated heterocycles. The summed E-state index contributed by atoms with van der Waals surface area (Å²) in [6.07, 6.45) is 4.52. The van der Waals surface area contributed by atoms with Crippen LogP contribution >= 0.6 is 0 Å². The van der Waals surface area contributed by atoms with Crippen LogP contribution < -0.4 is 10.0 Å². The van der Waals surface area contributed by atoms with Crippen molar-refractivity contribution in [3.63, 3.8) is 0 Å². The molecule has 0 bridgehead atoms. The number of amides is 1. The summed E-state index contributed by atoms with van der Waals surface area (Å²) in [5, 5.41) is 3.35. The Hall–Kier alpha value is -2.98. The summed E-state index contributed by atoms with van der Waals surface area (Å²) in [7, 11) is -4.01. The Bertz CT molecular complexity index is 1290. The summed E-state index contributed by atoms with van der Waals surface area (Å²) < 4.78 is 34.2. The molecule has 1 aromatic carbocycles. The molecule has 206 valence electrons. The first kappa shape index (κ1) is 28.0. The first-order valence-electron chi connectivity index (χ1n) is 13.4. The minimum absolute atomic E-state index is 0.0601. The van der Waals surface area contributed by atoms with E-state index in [9.17, 15) is 18.0 Å². The van der Waals surface area contributed by atoms with Crippen LogP contribution in [0, 0.1) is 26.7 Å². The Morgan fingerprint density at radius 3 is 2.66 bits per heavy atom. The number of nitrogens with one attached hydrogen (secondary N) is 2. The number of carbonyl (C=O) groups is 2. The topological polar surface area (TPSA) is 118 Å². The standard InChI is InChI=1S/C28H38N4O5S/c1-5-37-28(34)24(31-38(35,36)25-19(3)14-18(2)15-20(25)4)17-32-16-22(27(32)33)8-6-10-23-12-11-21-9-7-13-29-26(21)30-23/h11-12,14-15,22,24,31H,5-10,13,16-17H2,1-4H3,(H,29,30)/t22?,24-/m0/s1. The predicted molar refractivity (Wildman–Crippen MR) is 145 cm³/mol. The quantitative estimate of drug-likeness (QED) is 0.331. The van der Waals surface area contributed by atoms with Gasteiger partial charge in [-0.15, -0.1) is 0 Å². The minimum atomic E-state index is -4.01. The Kier molecular flexibility index (Phi) is 8.72. The number of carbonyl (C=O) groups excluding carboxylic acids is 2. The molecule has 1 unspecified atom stereocenters. The highest BCUT2D eigenvalue weighted by atomic mass is 32.2. The van der Waals surface area contributed by atoms with Crippen LogP contribution in [0.5, 0.6) is 0 Å². The molecule has 10 heteroatoms. The Morgan fingerprint density at radius 1 is 1.24 bits per heavy atom. The van der Waals surface area contributed by atoms with E-state index in [2.05, 4.69) is 22.2 Å². The van der Waals surface area contributed by atoms with E-state index < -0.39 is 22.0 Å². The fourth-order valence-corrected chi connectivity index (χ4v) is 7.09. The average Bonchev–Trinajstić information content (AvgIpc) is 2.85. The maximum atomic E-state index is 13.3. The summed E-state index contributed by atoms with van der Waals surface area (Å²) in [6.45, 7) is 8.51. The van der Waals surface area contributed by atoms with Gasteiger partial charge in [-0.25, -0.2) is 13.4 Å². The van der Waals surface area contributed by atoms with Gasteiger partial charge in [-0.1, -0.05) is 23.8 Å². The Labute approximate surface area is 225 Å². The van der Waals surface area contributed by atoms with Crippen molar-refractivity contribution in [3.05, 3.63) is 52.2 Å². The second kappa shape index (κ2) is 11.8. The van der Waals surface area contributed by atoms with Crippen molar-refractivity contribution >= 4 is 27.7 Å². The van der Waals surface area contributed by atoms with Crippen LogP contribution in [0.15, 0.2) is 29.2 Å². The lowest BCUT2D eigenvalue weighted by Crippen LogP contribution is -2.59. The number of hydrogen-bond donors (Lipinski definition) is 2. The zero-order valence-corrected chi connectivity index (χ0v) is 23.5. The number of hydrogen-bond acceptors (Lipinski definition) is 7. The van der Waals surface area contributed by atoms with Crippen molar-refractivity contribution in [3.8, 4) is 0 Å². The van der Waals surface area contributed by atoms with Gasteiger partial charge >= 0.3 is 5.97 Å². The zero-order chi connectivity index (χ0) is 27.4. The van der Waals surface area contributed by atoms with Crippen molar-refractivity contribution in [1.82, 2.24) is 14.6 Å². The lowest BCUT2D eigenvalue weighted by molar-refractivity contribution is -0.152. The maximum absolute atomic E-state index is 13.3. The van der Waals surface area contributed by atoms with Gasteiger partial charge in [0.05, 0.1) is 17.4 Å². The SMILES string of the molecule is CCOC(=O)[C@H](CN1CC(CCCc2ccc3c(n2)NCCC3)C1=O)NS(=O)(=O)c1c(C)cc(C)cc1C. The number of rotatable bonds is 11. The zero-order valence-electron chi connectivity index (χ0n) is 22.7. The molecule has 2 N–H and O–H groups in total. The van der Waals surface area contributed by atoms with Crippen LogP contribution in [-0.2, 0) is 37.2 Å². The van der Waals surface area contributed by atoms with Crippen molar-refractivity contribution in [2.75, 3.05) is 31.6 Å². The lowest BCUT2D eigenvalue weighted by Gasteiger charge is -2.40. The molecule has 1 amide bonds. The molecular formula is C28H38N4O5S. The number of benzene rings is 1. The number of nitrogens with zero attached hydrogens (tertiary/aromatic N) is 2. The van der Waals surface area contributed by atoms with Gasteiger partial charge in [-0.05, 0) is 82.6 Å². The van der Waals surface area contributed by atoms with Gasteiger partial charge in [0.1, 0.15) is 11.9 Å². The van der Waals surface area contributed by atoms with Gasteiger partial charge in [-0.2, -0.15) is 4.72 Å². The number of aromatic nitrogens is 1. The molecule has 4 rings (SSSR count). The van der Waals surface area contributed by atoms with Crippen molar-refractivity contribution in [2.45, 2.75) is 70.7 Å². The molecule has 2 atom stereocenters. The summed E-state index contributed by atoms with van der Waals surface area (Å²) in [4.78, 5) is 31.9. The van der Waals surface area contributed by atoms with Crippen LogP contribution in [-0.4, -0.2) is 62.5 Å². The second-order valence-corrected chi connectivity index (χ2v) is 12.0. The molecule has 2 aliphatic heterocycles. The van der Waals surface area contributed by atoms with Gasteiger partial charge in [0.2, 0.25) is 15.9 Å². The fraction of sp³-hybridized carbons (Fsp3) is 0.536. The van der Waals surface area contributed by atoms with Gasteiger partial charge in [0.15, 0.2) is 0 Å². The van der Waals surface area contributed by atoms with E-state index in [-0.39, 0.29) is 29.9 Å². The summed E-state index contributed by atoms with van der Waals surface area (Å²) in [5.41, 5.74) is 4.42. The van der Waals surface area contributed by atoms with E-state index in [1.165, 1.54) is 10.5 Å². The summed E-state index contributed by atoms with van der Waals surface area (Å²) in [5.74, 6) is 0.0815. The normalized spacial score (nSPS) is 17.8. The largest absolute Gasteiger partial charge is 0.465 e. The monoisotopic (exact) mass is 542 g/mol. The van der Waals surface area contributed by atoms with Gasteiger partial charge < -0.3 is 15.0 Å². The number of likely N-dealkylation sites (tertiary alicyclic amines) is 1.